The summed E-state index contributed by atoms with van der Waals surface area (Å²) in [5, 5.41) is 0. The molecule has 0 spiro atoms. The highest BCUT2D eigenvalue weighted by Gasteiger charge is 2.34. The zero-order chi connectivity index (χ0) is 18.7. The summed E-state index contributed by atoms with van der Waals surface area (Å²) in [6, 6.07) is 6.93. The number of rotatable bonds is 5. The van der Waals surface area contributed by atoms with E-state index in [1.807, 2.05) is 0 Å². The van der Waals surface area contributed by atoms with Crippen LogP contribution in [-0.4, -0.2) is 41.6 Å². The van der Waals surface area contributed by atoms with Crippen LogP contribution in [0.1, 0.15) is 5.56 Å². The molecular formula is C17H14F4N2O3. The van der Waals surface area contributed by atoms with Gasteiger partial charge >= 0.3 is 6.18 Å². The van der Waals surface area contributed by atoms with E-state index in [0.29, 0.717) is 5.75 Å². The number of alkyl halides is 3. The average molecular weight is 370 g/mol. The summed E-state index contributed by atoms with van der Waals surface area (Å²) in [5.74, 6) is -0.485. The van der Waals surface area contributed by atoms with E-state index in [-0.39, 0.29) is 31.5 Å². The molecule has 1 aliphatic rings. The van der Waals surface area contributed by atoms with Crippen molar-refractivity contribution in [3.05, 3.63) is 54.0 Å². The minimum atomic E-state index is -4.47. The van der Waals surface area contributed by atoms with Gasteiger partial charge < -0.3 is 14.4 Å². The summed E-state index contributed by atoms with van der Waals surface area (Å²) in [4.78, 5) is 17.1. The van der Waals surface area contributed by atoms with Gasteiger partial charge in [-0.25, -0.2) is 9.37 Å². The van der Waals surface area contributed by atoms with Crippen LogP contribution in [0.5, 0.6) is 11.6 Å². The van der Waals surface area contributed by atoms with Gasteiger partial charge in [0.15, 0.2) is 6.61 Å². The van der Waals surface area contributed by atoms with Gasteiger partial charge in [0.05, 0.1) is 18.7 Å². The Hall–Kier alpha value is -2.84. The van der Waals surface area contributed by atoms with Gasteiger partial charge in [0, 0.05) is 12.3 Å². The molecule has 138 valence electrons. The second-order valence-electron chi connectivity index (χ2n) is 5.66. The SMILES string of the molecule is O=C(COc1ccc(F)cc1)N1CC(Oc2cc(C(F)(F)F)ccn2)C1. The monoisotopic (exact) mass is 370 g/mol. The summed E-state index contributed by atoms with van der Waals surface area (Å²) < 4.78 is 61.3. The van der Waals surface area contributed by atoms with Crippen molar-refractivity contribution in [2.24, 2.45) is 0 Å². The molecule has 0 atom stereocenters. The fourth-order valence-corrected chi connectivity index (χ4v) is 2.30. The van der Waals surface area contributed by atoms with Gasteiger partial charge in [0.2, 0.25) is 5.88 Å². The predicted octanol–water partition coefficient (Wildman–Crippen LogP) is 2.91. The van der Waals surface area contributed by atoms with E-state index >= 15 is 0 Å². The Kier molecular flexibility index (Phi) is 4.97. The number of nitrogens with zero attached hydrogens (tertiary/aromatic N) is 2. The number of amides is 1. The second-order valence-corrected chi connectivity index (χ2v) is 5.66. The molecule has 0 unspecified atom stereocenters. The Balaban J connectivity index is 1.45. The van der Waals surface area contributed by atoms with Gasteiger partial charge in [-0.05, 0) is 30.3 Å². The summed E-state index contributed by atoms with van der Waals surface area (Å²) in [7, 11) is 0. The lowest BCUT2D eigenvalue weighted by molar-refractivity contribution is -0.142. The van der Waals surface area contributed by atoms with Gasteiger partial charge in [0.1, 0.15) is 17.7 Å². The number of pyridine rings is 1. The predicted molar refractivity (Wildman–Crippen MR) is 82.1 cm³/mol. The maximum Gasteiger partial charge on any atom is 0.416 e. The molecular weight excluding hydrogens is 356 g/mol. The Morgan fingerprint density at radius 3 is 2.54 bits per heavy atom. The van der Waals surface area contributed by atoms with Gasteiger partial charge in [-0.2, -0.15) is 13.2 Å². The Labute approximate surface area is 146 Å². The highest BCUT2D eigenvalue weighted by Crippen LogP contribution is 2.31. The fourth-order valence-electron chi connectivity index (χ4n) is 2.30. The van der Waals surface area contributed by atoms with Crippen molar-refractivity contribution in [2.75, 3.05) is 19.7 Å². The van der Waals surface area contributed by atoms with E-state index in [1.54, 1.807) is 0 Å². The normalized spacial score (nSPS) is 14.7. The number of halogens is 4. The standard InChI is InChI=1S/C17H14F4N2O3/c18-12-1-3-13(4-2-12)25-10-16(24)23-8-14(9-23)26-15-7-11(5-6-22-15)17(19,20)21/h1-7,14H,8-10H2. The van der Waals surface area contributed by atoms with Crippen molar-refractivity contribution in [3.8, 4) is 11.6 Å². The number of benzene rings is 1. The molecule has 1 aliphatic heterocycles. The molecule has 2 aromatic rings. The van der Waals surface area contributed by atoms with Crippen molar-refractivity contribution < 1.29 is 31.8 Å². The van der Waals surface area contributed by atoms with Gasteiger partial charge in [-0.1, -0.05) is 0 Å². The van der Waals surface area contributed by atoms with Gasteiger partial charge in [-0.15, -0.1) is 0 Å². The second kappa shape index (κ2) is 7.19. The number of ether oxygens (including phenoxy) is 2. The Morgan fingerprint density at radius 1 is 1.19 bits per heavy atom. The molecule has 2 heterocycles. The Bertz CT molecular complexity index is 774. The molecule has 5 nitrogen and oxygen atoms in total. The molecule has 0 N–H and O–H groups in total. The van der Waals surface area contributed by atoms with Crippen LogP contribution in [0.15, 0.2) is 42.6 Å². The van der Waals surface area contributed by atoms with Gasteiger partial charge in [0.25, 0.3) is 5.91 Å². The van der Waals surface area contributed by atoms with Crippen molar-refractivity contribution >= 4 is 5.91 Å². The number of carbonyl (C=O) groups is 1. The molecule has 0 saturated carbocycles. The largest absolute Gasteiger partial charge is 0.484 e. The van der Waals surface area contributed by atoms with Crippen molar-refractivity contribution in [3.63, 3.8) is 0 Å². The molecule has 1 fully saturated rings. The van der Waals surface area contributed by atoms with Crippen LogP contribution in [0.2, 0.25) is 0 Å². The summed E-state index contributed by atoms with van der Waals surface area (Å²) in [6.07, 6.45) is -3.88. The maximum absolute atomic E-state index is 12.8. The number of hydrogen-bond acceptors (Lipinski definition) is 4. The van der Waals surface area contributed by atoms with Crippen LogP contribution < -0.4 is 9.47 Å². The molecule has 1 aromatic heterocycles. The van der Waals surface area contributed by atoms with Crippen molar-refractivity contribution in [1.82, 2.24) is 9.88 Å². The van der Waals surface area contributed by atoms with E-state index in [2.05, 4.69) is 4.98 Å². The number of aromatic nitrogens is 1. The van der Waals surface area contributed by atoms with Crippen LogP contribution >= 0.6 is 0 Å². The number of carbonyl (C=O) groups excluding carboxylic acids is 1. The highest BCUT2D eigenvalue weighted by atomic mass is 19.4. The number of hydrogen-bond donors (Lipinski definition) is 0. The molecule has 1 amide bonds. The van der Waals surface area contributed by atoms with Crippen LogP contribution in [0.25, 0.3) is 0 Å². The molecule has 3 rings (SSSR count). The van der Waals surface area contributed by atoms with E-state index in [4.69, 9.17) is 9.47 Å². The first-order chi connectivity index (χ1) is 12.3. The minimum absolute atomic E-state index is 0.139. The summed E-state index contributed by atoms with van der Waals surface area (Å²) in [5.41, 5.74) is -0.845. The van der Waals surface area contributed by atoms with E-state index in [9.17, 15) is 22.4 Å². The molecule has 1 aromatic carbocycles. The van der Waals surface area contributed by atoms with Crippen LogP contribution in [0.4, 0.5) is 17.6 Å². The topological polar surface area (TPSA) is 51.7 Å². The van der Waals surface area contributed by atoms with Crippen LogP contribution in [0.3, 0.4) is 0 Å². The van der Waals surface area contributed by atoms with Crippen molar-refractivity contribution in [2.45, 2.75) is 12.3 Å². The lowest BCUT2D eigenvalue weighted by atomic mass is 10.1. The first-order valence-corrected chi connectivity index (χ1v) is 7.67. The minimum Gasteiger partial charge on any atom is -0.484 e. The summed E-state index contributed by atoms with van der Waals surface area (Å²) >= 11 is 0. The third-order valence-corrected chi connectivity index (χ3v) is 3.73. The molecule has 26 heavy (non-hydrogen) atoms. The maximum atomic E-state index is 12.8. The van der Waals surface area contributed by atoms with Crippen molar-refractivity contribution in [1.29, 1.82) is 0 Å². The lowest BCUT2D eigenvalue weighted by Crippen LogP contribution is -2.57. The highest BCUT2D eigenvalue weighted by molar-refractivity contribution is 5.78. The quantitative estimate of drug-likeness (QED) is 0.760. The van der Waals surface area contributed by atoms with Gasteiger partial charge in [-0.3, -0.25) is 4.79 Å². The zero-order valence-corrected chi connectivity index (χ0v) is 13.4. The smallest absolute Gasteiger partial charge is 0.416 e. The zero-order valence-electron chi connectivity index (χ0n) is 13.4. The van der Waals surface area contributed by atoms with E-state index in [0.717, 1.165) is 18.3 Å². The molecule has 0 bridgehead atoms. The van der Waals surface area contributed by atoms with Crippen LogP contribution in [-0.2, 0) is 11.0 Å². The third kappa shape index (κ3) is 4.41. The first-order valence-electron chi connectivity index (χ1n) is 7.67. The first kappa shape index (κ1) is 18.0. The number of likely N-dealkylation sites (tertiary alicyclic amines) is 1. The lowest BCUT2D eigenvalue weighted by Gasteiger charge is -2.38. The molecule has 9 heteroatoms. The Morgan fingerprint density at radius 2 is 1.88 bits per heavy atom. The molecule has 1 saturated heterocycles. The summed E-state index contributed by atoms with van der Waals surface area (Å²) in [6.45, 7) is 0.229. The molecule has 0 aliphatic carbocycles. The van der Waals surface area contributed by atoms with Crippen LogP contribution in [0, 0.1) is 5.82 Å². The fraction of sp³-hybridized carbons (Fsp3) is 0.294. The third-order valence-electron chi connectivity index (χ3n) is 3.73. The molecule has 0 radical (unpaired) electrons. The van der Waals surface area contributed by atoms with E-state index < -0.39 is 23.7 Å². The van der Waals surface area contributed by atoms with E-state index in [1.165, 1.54) is 29.2 Å². The average Bonchev–Trinajstić information content (AvgIpc) is 2.56.